The summed E-state index contributed by atoms with van der Waals surface area (Å²) in [6.07, 6.45) is 3.33. The van der Waals surface area contributed by atoms with Gasteiger partial charge >= 0.3 is 0 Å². The van der Waals surface area contributed by atoms with Crippen LogP contribution in [0.4, 0.5) is 0 Å². The standard InChI is InChI=1S/C22H30N4O2/c1-14-8-9-17-16(12-14)15-6-5-7-18-20(15)26(17)11-10-25(18)13-19(27)23-24-21(28)22(2,3)4/h8-9,12,18H,5-7,10-11,13H2,1-4H3,(H,23,27)(H,24,28)/t18-/m0/s1. The van der Waals surface area contributed by atoms with Gasteiger partial charge in [-0.05, 0) is 43.9 Å². The van der Waals surface area contributed by atoms with E-state index < -0.39 is 5.41 Å². The van der Waals surface area contributed by atoms with E-state index in [4.69, 9.17) is 0 Å². The summed E-state index contributed by atoms with van der Waals surface area (Å²) >= 11 is 0. The second kappa shape index (κ2) is 6.92. The van der Waals surface area contributed by atoms with Gasteiger partial charge in [0.2, 0.25) is 5.91 Å². The molecular weight excluding hydrogens is 352 g/mol. The minimum absolute atomic E-state index is 0.162. The van der Waals surface area contributed by atoms with Crippen molar-refractivity contribution in [1.29, 1.82) is 0 Å². The summed E-state index contributed by atoms with van der Waals surface area (Å²) in [7, 11) is 0. The van der Waals surface area contributed by atoms with Gasteiger partial charge < -0.3 is 4.57 Å². The Hall–Kier alpha value is -2.34. The van der Waals surface area contributed by atoms with E-state index in [0.717, 1.165) is 32.4 Å². The molecule has 0 unspecified atom stereocenters. The van der Waals surface area contributed by atoms with Crippen molar-refractivity contribution in [2.45, 2.75) is 59.5 Å². The lowest BCUT2D eigenvalue weighted by molar-refractivity contribution is -0.134. The van der Waals surface area contributed by atoms with E-state index in [9.17, 15) is 9.59 Å². The molecule has 28 heavy (non-hydrogen) atoms. The maximum atomic E-state index is 12.5. The summed E-state index contributed by atoms with van der Waals surface area (Å²) < 4.78 is 2.46. The number of benzene rings is 1. The van der Waals surface area contributed by atoms with Crippen molar-refractivity contribution < 1.29 is 9.59 Å². The van der Waals surface area contributed by atoms with Crippen LogP contribution in [0.15, 0.2) is 18.2 Å². The fraction of sp³-hybridized carbons (Fsp3) is 0.545. The predicted molar refractivity (Wildman–Crippen MR) is 110 cm³/mol. The van der Waals surface area contributed by atoms with E-state index in [1.807, 2.05) is 20.8 Å². The number of carbonyl (C=O) groups excluding carboxylic acids is 2. The summed E-state index contributed by atoms with van der Waals surface area (Å²) in [6, 6.07) is 7.00. The monoisotopic (exact) mass is 382 g/mol. The quantitative estimate of drug-likeness (QED) is 0.785. The number of carbonyl (C=O) groups is 2. The predicted octanol–water partition coefficient (Wildman–Crippen LogP) is 2.84. The molecule has 1 aromatic carbocycles. The van der Waals surface area contributed by atoms with Crippen LogP contribution >= 0.6 is 0 Å². The molecule has 2 amide bonds. The molecule has 0 bridgehead atoms. The van der Waals surface area contributed by atoms with Crippen LogP contribution in [0.3, 0.4) is 0 Å². The van der Waals surface area contributed by atoms with Gasteiger partial charge in [-0.25, -0.2) is 0 Å². The first-order valence-electron chi connectivity index (χ1n) is 10.2. The topological polar surface area (TPSA) is 66.4 Å². The Morgan fingerprint density at radius 2 is 1.96 bits per heavy atom. The molecule has 2 aliphatic rings. The molecule has 4 rings (SSSR count). The lowest BCUT2D eigenvalue weighted by Crippen LogP contribution is -2.51. The number of hydrazine groups is 1. The maximum absolute atomic E-state index is 12.5. The fourth-order valence-electron chi connectivity index (χ4n) is 4.52. The summed E-state index contributed by atoms with van der Waals surface area (Å²) in [5.41, 5.74) is 10.1. The third kappa shape index (κ3) is 3.30. The largest absolute Gasteiger partial charge is 0.342 e. The third-order valence-corrected chi connectivity index (χ3v) is 5.98. The Bertz CT molecular complexity index is 938. The van der Waals surface area contributed by atoms with E-state index in [0.29, 0.717) is 6.54 Å². The lowest BCUT2D eigenvalue weighted by atomic mass is 9.89. The minimum atomic E-state index is -0.532. The van der Waals surface area contributed by atoms with Gasteiger partial charge in [-0.1, -0.05) is 32.4 Å². The molecule has 0 spiro atoms. The first-order chi connectivity index (χ1) is 13.3. The van der Waals surface area contributed by atoms with Crippen molar-refractivity contribution in [2.75, 3.05) is 13.1 Å². The van der Waals surface area contributed by atoms with Crippen LogP contribution < -0.4 is 10.9 Å². The van der Waals surface area contributed by atoms with Gasteiger partial charge in [-0.3, -0.25) is 25.3 Å². The van der Waals surface area contributed by atoms with Gasteiger partial charge in [0.1, 0.15) is 0 Å². The average molecular weight is 383 g/mol. The van der Waals surface area contributed by atoms with Crippen LogP contribution in [0.1, 0.15) is 56.5 Å². The van der Waals surface area contributed by atoms with E-state index in [1.54, 1.807) is 0 Å². The van der Waals surface area contributed by atoms with Crippen molar-refractivity contribution in [3.8, 4) is 0 Å². The SMILES string of the molecule is Cc1ccc2c(c1)c1c3n2CCN(CC(=O)NNC(=O)C(C)(C)C)[C@H]3CCC1. The van der Waals surface area contributed by atoms with E-state index in [1.165, 1.54) is 27.7 Å². The molecule has 2 N–H and O–H groups in total. The van der Waals surface area contributed by atoms with Gasteiger partial charge in [0.15, 0.2) is 0 Å². The normalized spacial score (nSPS) is 19.4. The van der Waals surface area contributed by atoms with Crippen molar-refractivity contribution in [3.63, 3.8) is 0 Å². The first kappa shape index (κ1) is 19.0. The Labute approximate surface area is 166 Å². The van der Waals surface area contributed by atoms with E-state index in [2.05, 4.69) is 45.4 Å². The number of hydrogen-bond donors (Lipinski definition) is 2. The van der Waals surface area contributed by atoms with Crippen molar-refractivity contribution in [1.82, 2.24) is 20.3 Å². The molecule has 6 heteroatoms. The highest BCUT2D eigenvalue weighted by Gasteiger charge is 2.35. The van der Waals surface area contributed by atoms with Crippen molar-refractivity contribution in [2.24, 2.45) is 5.41 Å². The maximum Gasteiger partial charge on any atom is 0.252 e. The molecule has 2 aromatic rings. The molecule has 1 aliphatic heterocycles. The zero-order chi connectivity index (χ0) is 20.1. The number of aromatic nitrogens is 1. The summed E-state index contributed by atoms with van der Waals surface area (Å²) in [6.45, 7) is 9.65. The van der Waals surface area contributed by atoms with Crippen LogP contribution in [0, 0.1) is 12.3 Å². The average Bonchev–Trinajstić information content (AvgIpc) is 2.96. The molecule has 150 valence electrons. The molecule has 0 fully saturated rings. The van der Waals surface area contributed by atoms with Crippen LogP contribution in [-0.2, 0) is 22.6 Å². The van der Waals surface area contributed by atoms with Crippen LogP contribution in [0.25, 0.3) is 10.9 Å². The number of hydrogen-bond acceptors (Lipinski definition) is 3. The highest BCUT2D eigenvalue weighted by molar-refractivity contribution is 5.87. The minimum Gasteiger partial charge on any atom is -0.342 e. The number of rotatable bonds is 2. The number of aryl methyl sites for hydroxylation is 2. The number of amides is 2. The zero-order valence-electron chi connectivity index (χ0n) is 17.3. The van der Waals surface area contributed by atoms with Gasteiger partial charge in [-0.15, -0.1) is 0 Å². The smallest absolute Gasteiger partial charge is 0.252 e. The van der Waals surface area contributed by atoms with Gasteiger partial charge in [0.25, 0.3) is 5.91 Å². The van der Waals surface area contributed by atoms with Crippen LogP contribution in [0.5, 0.6) is 0 Å². The molecule has 0 radical (unpaired) electrons. The lowest BCUT2D eigenvalue weighted by Gasteiger charge is -2.39. The highest BCUT2D eigenvalue weighted by Crippen LogP contribution is 2.42. The first-order valence-corrected chi connectivity index (χ1v) is 10.2. The fourth-order valence-corrected chi connectivity index (χ4v) is 4.52. The second-order valence-electron chi connectivity index (χ2n) is 9.17. The summed E-state index contributed by atoms with van der Waals surface area (Å²) in [4.78, 5) is 26.7. The van der Waals surface area contributed by atoms with Crippen molar-refractivity contribution >= 4 is 22.7 Å². The number of fused-ring (bicyclic) bond motifs is 3. The van der Waals surface area contributed by atoms with E-state index in [-0.39, 0.29) is 17.9 Å². The third-order valence-electron chi connectivity index (χ3n) is 5.98. The molecule has 2 heterocycles. The molecule has 0 saturated carbocycles. The van der Waals surface area contributed by atoms with Crippen molar-refractivity contribution in [3.05, 3.63) is 35.0 Å². The molecular formula is C22H30N4O2. The summed E-state index contributed by atoms with van der Waals surface area (Å²) in [5, 5.41) is 1.38. The van der Waals surface area contributed by atoms with E-state index >= 15 is 0 Å². The molecule has 1 aliphatic carbocycles. The molecule has 1 atom stereocenters. The zero-order valence-corrected chi connectivity index (χ0v) is 17.3. The molecule has 0 saturated heterocycles. The van der Waals surface area contributed by atoms with Crippen LogP contribution in [-0.4, -0.2) is 34.4 Å². The van der Waals surface area contributed by atoms with Gasteiger partial charge in [0.05, 0.1) is 12.6 Å². The Balaban J connectivity index is 1.53. The Kier molecular flexibility index (Phi) is 4.70. The highest BCUT2D eigenvalue weighted by atomic mass is 16.2. The second-order valence-corrected chi connectivity index (χ2v) is 9.17. The number of nitrogens with zero attached hydrogens (tertiary/aromatic N) is 2. The molecule has 6 nitrogen and oxygen atoms in total. The molecule has 1 aromatic heterocycles. The van der Waals surface area contributed by atoms with Gasteiger partial charge in [-0.2, -0.15) is 0 Å². The summed E-state index contributed by atoms with van der Waals surface area (Å²) in [5.74, 6) is -0.347. The Morgan fingerprint density at radius 3 is 2.71 bits per heavy atom. The number of nitrogens with one attached hydrogen (secondary N) is 2. The van der Waals surface area contributed by atoms with Gasteiger partial charge in [0, 0.05) is 35.1 Å². The Morgan fingerprint density at radius 1 is 1.18 bits per heavy atom. The van der Waals surface area contributed by atoms with Crippen LogP contribution in [0.2, 0.25) is 0 Å².